The fourth-order valence-corrected chi connectivity index (χ4v) is 2.85. The highest BCUT2D eigenvalue weighted by atomic mass is 16.4. The van der Waals surface area contributed by atoms with E-state index in [1.54, 1.807) is 4.90 Å². The number of carboxylic acid groups (broad SMARTS) is 1. The van der Waals surface area contributed by atoms with Crippen molar-refractivity contribution in [3.05, 3.63) is 0 Å². The van der Waals surface area contributed by atoms with Crippen molar-refractivity contribution in [1.29, 1.82) is 0 Å². The number of piperazine rings is 1. The van der Waals surface area contributed by atoms with Gasteiger partial charge in [-0.1, -0.05) is 13.3 Å². The number of nitrogens with zero attached hydrogens (tertiary/aromatic N) is 2. The van der Waals surface area contributed by atoms with E-state index in [9.17, 15) is 14.4 Å². The maximum Gasteiger partial charge on any atom is 0.305 e. The van der Waals surface area contributed by atoms with Gasteiger partial charge >= 0.3 is 5.97 Å². The number of hydrogen-bond donors (Lipinski definition) is 1. The summed E-state index contributed by atoms with van der Waals surface area (Å²) in [5, 5.41) is 9.00. The van der Waals surface area contributed by atoms with Gasteiger partial charge in [-0.05, 0) is 19.3 Å². The van der Waals surface area contributed by atoms with Crippen LogP contribution in [0.15, 0.2) is 0 Å². The lowest BCUT2D eigenvalue weighted by Crippen LogP contribution is -2.60. The van der Waals surface area contributed by atoms with Crippen molar-refractivity contribution in [3.63, 3.8) is 0 Å². The van der Waals surface area contributed by atoms with Crippen LogP contribution in [-0.2, 0) is 14.4 Å². The maximum atomic E-state index is 12.4. The van der Waals surface area contributed by atoms with Crippen LogP contribution in [0.1, 0.15) is 39.0 Å². The largest absolute Gasteiger partial charge is 0.481 e. The molecule has 1 atom stereocenters. The molecule has 112 valence electrons. The molecule has 1 saturated heterocycles. The molecule has 1 unspecified atom stereocenters. The Hall–Kier alpha value is -1.59. The molecule has 0 aromatic rings. The first-order valence-corrected chi connectivity index (χ1v) is 7.35. The smallest absolute Gasteiger partial charge is 0.305 e. The first-order chi connectivity index (χ1) is 9.54. The summed E-state index contributed by atoms with van der Waals surface area (Å²) in [6.07, 6.45) is 3.31. The molecule has 0 bridgehead atoms. The molecule has 2 fully saturated rings. The van der Waals surface area contributed by atoms with E-state index in [0.29, 0.717) is 19.6 Å². The number of carboxylic acids is 1. The zero-order chi connectivity index (χ0) is 14.7. The molecule has 1 heterocycles. The lowest BCUT2D eigenvalue weighted by molar-refractivity contribution is -0.158. The predicted molar refractivity (Wildman–Crippen MR) is 72.0 cm³/mol. The Kier molecular flexibility index (Phi) is 4.62. The summed E-state index contributed by atoms with van der Waals surface area (Å²) < 4.78 is 0. The first-order valence-electron chi connectivity index (χ1n) is 7.35. The quantitative estimate of drug-likeness (QED) is 0.805. The molecule has 0 aromatic heterocycles. The van der Waals surface area contributed by atoms with Gasteiger partial charge in [0, 0.05) is 25.6 Å². The van der Waals surface area contributed by atoms with Crippen LogP contribution in [0.5, 0.6) is 0 Å². The van der Waals surface area contributed by atoms with Crippen LogP contribution >= 0.6 is 0 Å². The molecule has 0 aromatic carbocycles. The third-order valence-electron chi connectivity index (χ3n) is 4.18. The lowest BCUT2D eigenvalue weighted by atomic mass is 9.83. The van der Waals surface area contributed by atoms with E-state index in [-0.39, 0.29) is 24.2 Å². The number of rotatable bonds is 5. The zero-order valence-corrected chi connectivity index (χ0v) is 11.9. The van der Waals surface area contributed by atoms with Crippen molar-refractivity contribution in [1.82, 2.24) is 9.80 Å². The van der Waals surface area contributed by atoms with Crippen LogP contribution in [0, 0.1) is 5.92 Å². The minimum Gasteiger partial charge on any atom is -0.481 e. The Morgan fingerprint density at radius 3 is 2.50 bits per heavy atom. The molecule has 1 aliphatic heterocycles. The monoisotopic (exact) mass is 282 g/mol. The van der Waals surface area contributed by atoms with Crippen LogP contribution in [0.2, 0.25) is 0 Å². The van der Waals surface area contributed by atoms with E-state index >= 15 is 0 Å². The van der Waals surface area contributed by atoms with Crippen LogP contribution in [0.4, 0.5) is 0 Å². The van der Waals surface area contributed by atoms with Gasteiger partial charge in [0.25, 0.3) is 0 Å². The van der Waals surface area contributed by atoms with E-state index in [1.165, 1.54) is 4.90 Å². The molecule has 1 saturated carbocycles. The molecule has 0 spiro atoms. The van der Waals surface area contributed by atoms with E-state index in [1.807, 2.05) is 6.92 Å². The summed E-state index contributed by atoms with van der Waals surface area (Å²) >= 11 is 0. The molecule has 1 aliphatic carbocycles. The summed E-state index contributed by atoms with van der Waals surface area (Å²) in [4.78, 5) is 38.9. The minimum atomic E-state index is -1.03. The highest BCUT2D eigenvalue weighted by Gasteiger charge is 2.41. The number of carbonyl (C=O) groups is 3. The van der Waals surface area contributed by atoms with Crippen LogP contribution in [0.25, 0.3) is 0 Å². The lowest BCUT2D eigenvalue weighted by Gasteiger charge is -2.42. The number of amides is 2. The normalized spacial score (nSPS) is 23.6. The summed E-state index contributed by atoms with van der Waals surface area (Å²) in [5.74, 6) is -1.29. The van der Waals surface area contributed by atoms with Gasteiger partial charge in [0.05, 0.1) is 6.42 Å². The van der Waals surface area contributed by atoms with Crippen molar-refractivity contribution in [2.45, 2.75) is 45.1 Å². The number of hydrogen-bond acceptors (Lipinski definition) is 3. The third-order valence-corrected chi connectivity index (χ3v) is 4.18. The van der Waals surface area contributed by atoms with Gasteiger partial charge < -0.3 is 14.9 Å². The van der Waals surface area contributed by atoms with E-state index in [2.05, 4.69) is 0 Å². The number of carbonyl (C=O) groups excluding carboxylic acids is 2. The van der Waals surface area contributed by atoms with Gasteiger partial charge in [-0.3, -0.25) is 14.4 Å². The average Bonchev–Trinajstić information content (AvgIpc) is 2.31. The molecular weight excluding hydrogens is 260 g/mol. The van der Waals surface area contributed by atoms with E-state index in [0.717, 1.165) is 25.7 Å². The Morgan fingerprint density at radius 1 is 1.30 bits per heavy atom. The van der Waals surface area contributed by atoms with E-state index < -0.39 is 12.0 Å². The van der Waals surface area contributed by atoms with Gasteiger partial charge in [-0.2, -0.15) is 0 Å². The fraction of sp³-hybridized carbons (Fsp3) is 0.786. The Balaban J connectivity index is 2.11. The van der Waals surface area contributed by atoms with Gasteiger partial charge in [0.1, 0.15) is 6.04 Å². The van der Waals surface area contributed by atoms with Crippen molar-refractivity contribution in [2.75, 3.05) is 19.6 Å². The Bertz CT molecular complexity index is 406. The maximum absolute atomic E-state index is 12.4. The Morgan fingerprint density at radius 2 is 2.00 bits per heavy atom. The third kappa shape index (κ3) is 2.94. The summed E-state index contributed by atoms with van der Waals surface area (Å²) in [7, 11) is 0. The van der Waals surface area contributed by atoms with Crippen molar-refractivity contribution >= 4 is 17.8 Å². The van der Waals surface area contributed by atoms with Gasteiger partial charge in [-0.15, -0.1) is 0 Å². The number of aliphatic carboxylic acids is 1. The van der Waals surface area contributed by atoms with Crippen LogP contribution in [0.3, 0.4) is 0 Å². The van der Waals surface area contributed by atoms with Crippen molar-refractivity contribution in [2.24, 2.45) is 5.92 Å². The molecule has 2 rings (SSSR count). The van der Waals surface area contributed by atoms with E-state index in [4.69, 9.17) is 5.11 Å². The van der Waals surface area contributed by atoms with Crippen LogP contribution in [-0.4, -0.2) is 58.4 Å². The summed E-state index contributed by atoms with van der Waals surface area (Å²) in [6, 6.07) is -0.819. The molecule has 20 heavy (non-hydrogen) atoms. The predicted octanol–water partition coefficient (Wildman–Crippen LogP) is 0.711. The van der Waals surface area contributed by atoms with Gasteiger partial charge in [-0.25, -0.2) is 0 Å². The first kappa shape index (κ1) is 14.8. The second kappa shape index (κ2) is 6.24. The van der Waals surface area contributed by atoms with Crippen molar-refractivity contribution < 1.29 is 19.5 Å². The molecular formula is C14H22N2O4. The highest BCUT2D eigenvalue weighted by Crippen LogP contribution is 2.30. The van der Waals surface area contributed by atoms with Gasteiger partial charge in [0.2, 0.25) is 11.8 Å². The molecule has 1 N–H and O–H groups in total. The fourth-order valence-electron chi connectivity index (χ4n) is 2.85. The van der Waals surface area contributed by atoms with Gasteiger partial charge in [0.15, 0.2) is 0 Å². The topological polar surface area (TPSA) is 77.9 Å². The second-order valence-electron chi connectivity index (χ2n) is 5.60. The minimum absolute atomic E-state index is 0.00294. The molecule has 2 amide bonds. The Labute approximate surface area is 118 Å². The van der Waals surface area contributed by atoms with Crippen molar-refractivity contribution in [3.8, 4) is 0 Å². The summed E-state index contributed by atoms with van der Waals surface area (Å²) in [6.45, 7) is 3.58. The second-order valence-corrected chi connectivity index (χ2v) is 5.60. The summed E-state index contributed by atoms with van der Waals surface area (Å²) in [5.41, 5.74) is 0. The molecule has 6 nitrogen and oxygen atoms in total. The highest BCUT2D eigenvalue weighted by molar-refractivity contribution is 5.92. The SMILES string of the molecule is CCCN1CCN(C(=O)C2CCC2)C(CC(=O)O)C1=O. The van der Waals surface area contributed by atoms with Crippen LogP contribution < -0.4 is 0 Å². The average molecular weight is 282 g/mol. The molecule has 6 heteroatoms. The standard InChI is InChI=1S/C14H22N2O4/c1-2-6-15-7-8-16(13(19)10-4-3-5-10)11(14(15)20)9-12(17)18/h10-11H,2-9H2,1H3,(H,17,18). The molecule has 0 radical (unpaired) electrons. The molecule has 2 aliphatic rings. The zero-order valence-electron chi connectivity index (χ0n) is 11.9.